The Hall–Kier alpha value is -0.840. The number of hydrogen-bond acceptors (Lipinski definition) is 3. The maximum absolute atomic E-state index is 9.85. The molecule has 0 aliphatic rings. The molecule has 0 spiro atoms. The van der Waals surface area contributed by atoms with E-state index in [0.29, 0.717) is 13.2 Å². The summed E-state index contributed by atoms with van der Waals surface area (Å²) < 4.78 is 12.4. The van der Waals surface area contributed by atoms with Crippen molar-refractivity contribution in [2.45, 2.75) is 38.8 Å². The van der Waals surface area contributed by atoms with Gasteiger partial charge in [-0.05, 0) is 24.5 Å². The Morgan fingerprint density at radius 1 is 1.33 bits per heavy atom. The molecule has 0 radical (unpaired) electrons. The molecule has 0 amide bonds. The van der Waals surface area contributed by atoms with E-state index in [2.05, 4.69) is 11.5 Å². The molecule has 0 aromatic carbocycles. The standard InChI is InChI=1S/C14H25NO3/c1-3-5-14(16)13-6-8-15(12-13)7-4-9-18-11-10-17-2/h6,8,12,14,16H,3-5,7,9-11H2,1-2H3. The maximum atomic E-state index is 9.85. The average molecular weight is 255 g/mol. The van der Waals surface area contributed by atoms with Crippen LogP contribution in [-0.2, 0) is 16.0 Å². The van der Waals surface area contributed by atoms with Gasteiger partial charge in [-0.1, -0.05) is 13.3 Å². The van der Waals surface area contributed by atoms with Gasteiger partial charge >= 0.3 is 0 Å². The number of aliphatic hydroxyl groups excluding tert-OH is 1. The molecule has 1 aromatic heterocycles. The van der Waals surface area contributed by atoms with Crippen LogP contribution in [0, 0.1) is 0 Å². The summed E-state index contributed by atoms with van der Waals surface area (Å²) in [6, 6.07) is 1.99. The minimum absolute atomic E-state index is 0.325. The van der Waals surface area contributed by atoms with Gasteiger partial charge in [0.1, 0.15) is 0 Å². The summed E-state index contributed by atoms with van der Waals surface area (Å²) in [5, 5.41) is 9.85. The molecule has 1 atom stereocenters. The van der Waals surface area contributed by atoms with Crippen molar-refractivity contribution in [2.75, 3.05) is 26.9 Å². The number of aryl methyl sites for hydroxylation is 1. The molecule has 0 fully saturated rings. The van der Waals surface area contributed by atoms with E-state index >= 15 is 0 Å². The largest absolute Gasteiger partial charge is 0.388 e. The Bertz CT molecular complexity index is 312. The van der Waals surface area contributed by atoms with Gasteiger partial charge in [-0.3, -0.25) is 0 Å². The summed E-state index contributed by atoms with van der Waals surface area (Å²) in [6.45, 7) is 5.05. The zero-order chi connectivity index (χ0) is 13.2. The third-order valence-corrected chi connectivity index (χ3v) is 2.86. The van der Waals surface area contributed by atoms with E-state index < -0.39 is 0 Å². The topological polar surface area (TPSA) is 43.6 Å². The lowest BCUT2D eigenvalue weighted by Gasteiger charge is -2.07. The van der Waals surface area contributed by atoms with Gasteiger partial charge in [-0.2, -0.15) is 0 Å². The number of aliphatic hydroxyl groups is 1. The highest BCUT2D eigenvalue weighted by molar-refractivity contribution is 5.13. The van der Waals surface area contributed by atoms with Gasteiger partial charge in [-0.15, -0.1) is 0 Å². The van der Waals surface area contributed by atoms with Crippen LogP contribution in [0.3, 0.4) is 0 Å². The molecule has 1 rings (SSSR count). The summed E-state index contributed by atoms with van der Waals surface area (Å²) >= 11 is 0. The molecule has 0 bridgehead atoms. The second-order valence-corrected chi connectivity index (χ2v) is 4.45. The molecule has 104 valence electrons. The summed E-state index contributed by atoms with van der Waals surface area (Å²) in [5.41, 5.74) is 1.01. The number of rotatable bonds is 10. The Morgan fingerprint density at radius 3 is 2.89 bits per heavy atom. The van der Waals surface area contributed by atoms with Gasteiger partial charge in [0.05, 0.1) is 19.3 Å². The molecule has 0 aliphatic heterocycles. The first-order valence-corrected chi connectivity index (χ1v) is 6.68. The fraction of sp³-hybridized carbons (Fsp3) is 0.714. The van der Waals surface area contributed by atoms with Crippen LogP contribution in [0.25, 0.3) is 0 Å². The average Bonchev–Trinajstić information content (AvgIpc) is 2.83. The first-order valence-electron chi connectivity index (χ1n) is 6.68. The normalized spacial score (nSPS) is 12.8. The minimum atomic E-state index is -0.325. The van der Waals surface area contributed by atoms with E-state index in [1.807, 2.05) is 18.5 Å². The highest BCUT2D eigenvalue weighted by atomic mass is 16.5. The number of hydrogen-bond donors (Lipinski definition) is 1. The van der Waals surface area contributed by atoms with Crippen LogP contribution in [0.4, 0.5) is 0 Å². The predicted octanol–water partition coefficient (Wildman–Crippen LogP) is 2.37. The fourth-order valence-corrected chi connectivity index (χ4v) is 1.83. The fourth-order valence-electron chi connectivity index (χ4n) is 1.83. The van der Waals surface area contributed by atoms with Crippen molar-refractivity contribution in [1.82, 2.24) is 4.57 Å². The Labute approximate surface area is 110 Å². The van der Waals surface area contributed by atoms with Gasteiger partial charge in [0.15, 0.2) is 0 Å². The molecular weight excluding hydrogens is 230 g/mol. The third-order valence-electron chi connectivity index (χ3n) is 2.86. The summed E-state index contributed by atoms with van der Waals surface area (Å²) in [6.07, 6.45) is 6.51. The molecule has 0 aliphatic carbocycles. The maximum Gasteiger partial charge on any atom is 0.0804 e. The highest BCUT2D eigenvalue weighted by Gasteiger charge is 2.07. The molecule has 1 N–H and O–H groups in total. The van der Waals surface area contributed by atoms with Crippen LogP contribution in [-0.4, -0.2) is 36.6 Å². The second kappa shape index (κ2) is 9.14. The van der Waals surface area contributed by atoms with Crippen LogP contribution in [0.5, 0.6) is 0 Å². The Kier molecular flexibility index (Phi) is 7.73. The van der Waals surface area contributed by atoms with Gasteiger partial charge in [0.2, 0.25) is 0 Å². The van der Waals surface area contributed by atoms with Crippen LogP contribution in [0.2, 0.25) is 0 Å². The van der Waals surface area contributed by atoms with E-state index in [1.165, 1.54) is 0 Å². The summed E-state index contributed by atoms with van der Waals surface area (Å²) in [5.74, 6) is 0. The molecule has 1 heterocycles. The van der Waals surface area contributed by atoms with Gasteiger partial charge in [-0.25, -0.2) is 0 Å². The molecular formula is C14H25NO3. The first kappa shape index (κ1) is 15.2. The molecule has 4 heteroatoms. The van der Waals surface area contributed by atoms with E-state index in [4.69, 9.17) is 9.47 Å². The second-order valence-electron chi connectivity index (χ2n) is 4.45. The zero-order valence-corrected chi connectivity index (χ0v) is 11.5. The van der Waals surface area contributed by atoms with Crippen LogP contribution in [0.1, 0.15) is 37.9 Å². The summed E-state index contributed by atoms with van der Waals surface area (Å²) in [4.78, 5) is 0. The number of nitrogens with zero attached hydrogens (tertiary/aromatic N) is 1. The van der Waals surface area contributed by atoms with Crippen LogP contribution in [0.15, 0.2) is 18.5 Å². The van der Waals surface area contributed by atoms with Crippen LogP contribution >= 0.6 is 0 Å². The number of ether oxygens (including phenoxy) is 2. The number of methoxy groups -OCH3 is 1. The van der Waals surface area contributed by atoms with Gasteiger partial charge in [0.25, 0.3) is 0 Å². The zero-order valence-electron chi connectivity index (χ0n) is 11.5. The van der Waals surface area contributed by atoms with Crippen molar-refractivity contribution in [1.29, 1.82) is 0 Å². The lowest BCUT2D eigenvalue weighted by molar-refractivity contribution is 0.0680. The van der Waals surface area contributed by atoms with Crippen molar-refractivity contribution < 1.29 is 14.6 Å². The molecule has 18 heavy (non-hydrogen) atoms. The third kappa shape index (κ3) is 5.67. The minimum Gasteiger partial charge on any atom is -0.388 e. The lowest BCUT2D eigenvalue weighted by Crippen LogP contribution is -2.05. The van der Waals surface area contributed by atoms with Crippen molar-refractivity contribution in [3.8, 4) is 0 Å². The van der Waals surface area contributed by atoms with Crippen molar-refractivity contribution in [2.24, 2.45) is 0 Å². The quantitative estimate of drug-likeness (QED) is 0.653. The van der Waals surface area contributed by atoms with Crippen molar-refractivity contribution in [3.05, 3.63) is 24.0 Å². The summed E-state index contributed by atoms with van der Waals surface area (Å²) in [7, 11) is 1.67. The molecule has 0 saturated carbocycles. The number of aromatic nitrogens is 1. The Balaban J connectivity index is 2.19. The highest BCUT2D eigenvalue weighted by Crippen LogP contribution is 2.18. The smallest absolute Gasteiger partial charge is 0.0804 e. The predicted molar refractivity (Wildman–Crippen MR) is 71.6 cm³/mol. The van der Waals surface area contributed by atoms with E-state index in [1.54, 1.807) is 7.11 Å². The Morgan fingerprint density at radius 2 is 2.17 bits per heavy atom. The van der Waals surface area contributed by atoms with Gasteiger partial charge < -0.3 is 19.1 Å². The molecule has 1 aromatic rings. The van der Waals surface area contributed by atoms with E-state index in [9.17, 15) is 5.11 Å². The molecule has 4 nitrogen and oxygen atoms in total. The van der Waals surface area contributed by atoms with Crippen LogP contribution < -0.4 is 0 Å². The lowest BCUT2D eigenvalue weighted by atomic mass is 10.1. The van der Waals surface area contributed by atoms with Gasteiger partial charge in [0, 0.05) is 32.7 Å². The van der Waals surface area contributed by atoms with E-state index in [-0.39, 0.29) is 6.10 Å². The SMILES string of the molecule is CCCC(O)c1ccn(CCCOCCOC)c1. The first-order chi connectivity index (χ1) is 8.77. The molecule has 0 saturated heterocycles. The monoisotopic (exact) mass is 255 g/mol. The van der Waals surface area contributed by atoms with Crippen molar-refractivity contribution >= 4 is 0 Å². The molecule has 1 unspecified atom stereocenters. The van der Waals surface area contributed by atoms with Crippen molar-refractivity contribution in [3.63, 3.8) is 0 Å². The van der Waals surface area contributed by atoms with E-state index in [0.717, 1.165) is 38.0 Å².